The van der Waals surface area contributed by atoms with Gasteiger partial charge in [0.25, 0.3) is 5.91 Å². The van der Waals surface area contributed by atoms with Gasteiger partial charge in [-0.1, -0.05) is 0 Å². The quantitative estimate of drug-likeness (QED) is 0.547. The second kappa shape index (κ2) is 6.48. The number of carbonyl (C=O) groups excluding carboxylic acids is 1. The van der Waals surface area contributed by atoms with Gasteiger partial charge in [0.15, 0.2) is 5.82 Å². The van der Waals surface area contributed by atoms with Crippen molar-refractivity contribution >= 4 is 17.5 Å². The lowest BCUT2D eigenvalue weighted by atomic mass is 10.0. The van der Waals surface area contributed by atoms with Gasteiger partial charge in [0.2, 0.25) is 0 Å². The first-order valence-electron chi connectivity index (χ1n) is 8.21. The maximum absolute atomic E-state index is 12.9. The number of carbonyl (C=O) groups is 1. The number of aromatic nitrogens is 4. The molecule has 0 spiro atoms. The molecule has 136 valence electrons. The minimum Gasteiger partial charge on any atom is -0.383 e. The average Bonchev–Trinajstić information content (AvgIpc) is 3.18. The van der Waals surface area contributed by atoms with Crippen LogP contribution in [0.3, 0.4) is 0 Å². The molecular formula is C17H15N7O3. The molecule has 0 bridgehead atoms. The lowest BCUT2D eigenvalue weighted by Gasteiger charge is -2.29. The van der Waals surface area contributed by atoms with E-state index >= 15 is 0 Å². The first-order valence-corrected chi connectivity index (χ1v) is 8.21. The number of amides is 1. The second-order valence-corrected chi connectivity index (χ2v) is 6.09. The SMILES string of the molecule is Nc1nccc2c1CN(C(=O)c1ccnc(-n3ccc([N+](=O)[O-])n3)c1)CC2. The maximum Gasteiger partial charge on any atom is 0.390 e. The van der Waals surface area contributed by atoms with Crippen LogP contribution in [-0.4, -0.2) is 42.0 Å². The largest absolute Gasteiger partial charge is 0.390 e. The Morgan fingerprint density at radius 3 is 2.81 bits per heavy atom. The van der Waals surface area contributed by atoms with Crippen LogP contribution in [0.1, 0.15) is 21.5 Å². The van der Waals surface area contributed by atoms with Crippen molar-refractivity contribution in [3.05, 3.63) is 69.7 Å². The number of pyridine rings is 2. The first kappa shape index (κ1) is 16.6. The highest BCUT2D eigenvalue weighted by atomic mass is 16.6. The molecule has 3 aromatic rings. The number of nitrogen functional groups attached to an aromatic ring is 1. The van der Waals surface area contributed by atoms with Gasteiger partial charge in [-0.05, 0) is 35.1 Å². The van der Waals surface area contributed by atoms with Crippen LogP contribution < -0.4 is 5.73 Å². The van der Waals surface area contributed by atoms with Crippen molar-refractivity contribution < 1.29 is 9.72 Å². The van der Waals surface area contributed by atoms with E-state index in [2.05, 4.69) is 15.1 Å². The highest BCUT2D eigenvalue weighted by Crippen LogP contribution is 2.24. The van der Waals surface area contributed by atoms with E-state index in [1.54, 1.807) is 23.2 Å². The molecular weight excluding hydrogens is 350 g/mol. The number of hydrogen-bond acceptors (Lipinski definition) is 7. The van der Waals surface area contributed by atoms with Crippen LogP contribution in [0.2, 0.25) is 0 Å². The molecule has 0 aromatic carbocycles. The number of nitrogens with two attached hydrogens (primary N) is 1. The minimum absolute atomic E-state index is 0.172. The minimum atomic E-state index is -0.588. The molecule has 10 nitrogen and oxygen atoms in total. The number of anilines is 1. The Morgan fingerprint density at radius 1 is 1.22 bits per heavy atom. The summed E-state index contributed by atoms with van der Waals surface area (Å²) in [6.07, 6.45) is 5.28. The number of fused-ring (bicyclic) bond motifs is 1. The predicted molar refractivity (Wildman–Crippen MR) is 95.1 cm³/mol. The fourth-order valence-electron chi connectivity index (χ4n) is 3.06. The summed E-state index contributed by atoms with van der Waals surface area (Å²) >= 11 is 0. The molecule has 4 rings (SSSR count). The third-order valence-corrected chi connectivity index (χ3v) is 4.46. The number of rotatable bonds is 3. The standard InChI is InChI=1S/C17H15N7O3/c18-16-13-10-22(7-3-11(13)1-6-20-16)17(25)12-2-5-19-15(9-12)23-8-4-14(21-23)24(26)27/h1-2,4-6,8-9H,3,7,10H2,(H2,18,20). The number of hydrogen-bond donors (Lipinski definition) is 1. The molecule has 27 heavy (non-hydrogen) atoms. The highest BCUT2D eigenvalue weighted by molar-refractivity contribution is 5.94. The number of nitrogens with zero attached hydrogens (tertiary/aromatic N) is 6. The van der Waals surface area contributed by atoms with Crippen molar-refractivity contribution in [1.29, 1.82) is 0 Å². The summed E-state index contributed by atoms with van der Waals surface area (Å²) < 4.78 is 1.27. The predicted octanol–water partition coefficient (Wildman–Crippen LogP) is 1.35. The summed E-state index contributed by atoms with van der Waals surface area (Å²) in [5.74, 6) is 0.301. The molecule has 0 saturated heterocycles. The molecule has 2 N–H and O–H groups in total. The van der Waals surface area contributed by atoms with Crippen LogP contribution in [0.4, 0.5) is 11.6 Å². The third kappa shape index (κ3) is 3.08. The van der Waals surface area contributed by atoms with Gasteiger partial charge in [-0.15, -0.1) is 4.68 Å². The van der Waals surface area contributed by atoms with Crippen molar-refractivity contribution in [1.82, 2.24) is 24.6 Å². The molecule has 0 unspecified atom stereocenters. The van der Waals surface area contributed by atoms with Crippen molar-refractivity contribution in [2.24, 2.45) is 0 Å². The Morgan fingerprint density at radius 2 is 2.04 bits per heavy atom. The van der Waals surface area contributed by atoms with Gasteiger partial charge >= 0.3 is 5.82 Å². The van der Waals surface area contributed by atoms with Crippen molar-refractivity contribution in [3.63, 3.8) is 0 Å². The van der Waals surface area contributed by atoms with Crippen molar-refractivity contribution in [2.45, 2.75) is 13.0 Å². The van der Waals surface area contributed by atoms with Crippen molar-refractivity contribution in [3.8, 4) is 5.82 Å². The summed E-state index contributed by atoms with van der Waals surface area (Å²) in [4.78, 5) is 33.0. The molecule has 4 heterocycles. The zero-order chi connectivity index (χ0) is 19.0. The van der Waals surface area contributed by atoms with Crippen LogP contribution in [0.15, 0.2) is 42.9 Å². The molecule has 0 fully saturated rings. The van der Waals surface area contributed by atoms with Gasteiger partial charge in [0.1, 0.15) is 5.82 Å². The summed E-state index contributed by atoms with van der Waals surface area (Å²) in [6, 6.07) is 6.35. The summed E-state index contributed by atoms with van der Waals surface area (Å²) in [5, 5.41) is 14.6. The van der Waals surface area contributed by atoms with Crippen LogP contribution in [-0.2, 0) is 13.0 Å². The fraction of sp³-hybridized carbons (Fsp3) is 0.176. The Bertz CT molecular complexity index is 1050. The molecule has 0 radical (unpaired) electrons. The zero-order valence-corrected chi connectivity index (χ0v) is 14.1. The Hall–Kier alpha value is -3.82. The topological polar surface area (TPSA) is 133 Å². The summed E-state index contributed by atoms with van der Waals surface area (Å²) in [5.41, 5.74) is 8.34. The van der Waals surface area contributed by atoms with E-state index < -0.39 is 4.92 Å². The van der Waals surface area contributed by atoms with Gasteiger partial charge in [0.05, 0.1) is 17.4 Å². The third-order valence-electron chi connectivity index (χ3n) is 4.46. The van der Waals surface area contributed by atoms with E-state index in [0.717, 1.165) is 11.1 Å². The van der Waals surface area contributed by atoms with Gasteiger partial charge in [0, 0.05) is 36.6 Å². The Labute approximate surface area is 153 Å². The number of nitro groups is 1. The van der Waals surface area contributed by atoms with E-state index in [0.29, 0.717) is 36.7 Å². The molecule has 1 aliphatic heterocycles. The summed E-state index contributed by atoms with van der Waals surface area (Å²) in [7, 11) is 0. The zero-order valence-electron chi connectivity index (χ0n) is 14.1. The maximum atomic E-state index is 12.9. The molecule has 1 amide bonds. The van der Waals surface area contributed by atoms with E-state index in [4.69, 9.17) is 5.73 Å². The second-order valence-electron chi connectivity index (χ2n) is 6.09. The lowest BCUT2D eigenvalue weighted by molar-refractivity contribution is -0.389. The monoisotopic (exact) mass is 365 g/mol. The molecule has 10 heteroatoms. The normalized spacial score (nSPS) is 13.3. The molecule has 3 aromatic heterocycles. The van der Waals surface area contributed by atoms with E-state index in [-0.39, 0.29) is 11.7 Å². The Kier molecular flexibility index (Phi) is 3.99. The van der Waals surface area contributed by atoms with E-state index in [1.807, 2.05) is 6.07 Å². The van der Waals surface area contributed by atoms with Crippen LogP contribution in [0, 0.1) is 10.1 Å². The van der Waals surface area contributed by atoms with Crippen LogP contribution in [0.5, 0.6) is 0 Å². The van der Waals surface area contributed by atoms with Crippen LogP contribution >= 0.6 is 0 Å². The van der Waals surface area contributed by atoms with Gasteiger partial charge in [-0.2, -0.15) is 0 Å². The van der Waals surface area contributed by atoms with Gasteiger partial charge < -0.3 is 20.7 Å². The van der Waals surface area contributed by atoms with Crippen LogP contribution in [0.25, 0.3) is 5.82 Å². The van der Waals surface area contributed by atoms with E-state index in [1.165, 1.54) is 23.1 Å². The molecule has 0 saturated carbocycles. The van der Waals surface area contributed by atoms with E-state index in [9.17, 15) is 14.9 Å². The first-order chi connectivity index (χ1) is 13.0. The molecule has 0 aliphatic carbocycles. The lowest BCUT2D eigenvalue weighted by Crippen LogP contribution is -2.36. The highest BCUT2D eigenvalue weighted by Gasteiger charge is 2.24. The van der Waals surface area contributed by atoms with Crippen molar-refractivity contribution in [2.75, 3.05) is 12.3 Å². The molecule has 1 aliphatic rings. The molecule has 0 atom stereocenters. The average molecular weight is 365 g/mol. The fourth-order valence-corrected chi connectivity index (χ4v) is 3.06. The Balaban J connectivity index is 1.59. The van der Waals surface area contributed by atoms with Gasteiger partial charge in [-0.3, -0.25) is 4.79 Å². The smallest absolute Gasteiger partial charge is 0.383 e. The summed E-state index contributed by atoms with van der Waals surface area (Å²) in [6.45, 7) is 0.957. The van der Waals surface area contributed by atoms with Gasteiger partial charge in [-0.25, -0.2) is 9.97 Å².